The molecule has 1 saturated heterocycles. The van der Waals surface area contributed by atoms with Crippen molar-refractivity contribution in [2.45, 2.75) is 59.5 Å². The smallest absolute Gasteiger partial charge is 0.261 e. The van der Waals surface area contributed by atoms with E-state index in [4.69, 9.17) is 32.7 Å². The topological polar surface area (TPSA) is 134 Å². The monoisotopic (exact) mass is 669 g/mol. The van der Waals surface area contributed by atoms with Crippen LogP contribution in [0.1, 0.15) is 47.0 Å². The van der Waals surface area contributed by atoms with Crippen molar-refractivity contribution < 1.29 is 14.3 Å². The number of pyridine rings is 1. The van der Waals surface area contributed by atoms with Crippen LogP contribution in [0.25, 0.3) is 22.2 Å². The molecule has 0 spiro atoms. The number of likely N-dealkylation sites (tertiary alicyclic amines) is 1. The molecule has 0 saturated carbocycles. The van der Waals surface area contributed by atoms with E-state index in [2.05, 4.69) is 25.5 Å². The molecule has 11 nitrogen and oxygen atoms in total. The predicted octanol–water partition coefficient (Wildman–Crippen LogP) is 5.68. The van der Waals surface area contributed by atoms with Crippen LogP contribution in [0.15, 0.2) is 34.8 Å². The molecular formula is C33H41Cl2N7O4. The predicted molar refractivity (Wildman–Crippen MR) is 182 cm³/mol. The van der Waals surface area contributed by atoms with Crippen molar-refractivity contribution in [3.63, 3.8) is 0 Å². The molecule has 1 fully saturated rings. The minimum Gasteiger partial charge on any atom is -0.495 e. The molecule has 1 aliphatic heterocycles. The number of aromatic nitrogens is 3. The molecule has 1 unspecified atom stereocenters. The molecule has 1 aliphatic rings. The number of allylic oxidation sites excluding steroid dienone is 1. The van der Waals surface area contributed by atoms with Gasteiger partial charge in [-0.3, -0.25) is 14.2 Å². The van der Waals surface area contributed by atoms with Crippen molar-refractivity contribution in [1.82, 2.24) is 24.8 Å². The first-order chi connectivity index (χ1) is 21.9. The molecule has 0 bridgehead atoms. The third-order valence-corrected chi connectivity index (χ3v) is 8.39. The zero-order valence-corrected chi connectivity index (χ0v) is 28.7. The van der Waals surface area contributed by atoms with Gasteiger partial charge in [0.2, 0.25) is 5.95 Å². The van der Waals surface area contributed by atoms with Crippen LogP contribution in [0, 0.1) is 16.7 Å². The Morgan fingerprint density at radius 3 is 2.48 bits per heavy atom. The van der Waals surface area contributed by atoms with Crippen molar-refractivity contribution in [2.75, 3.05) is 45.7 Å². The first kappa shape index (κ1) is 35.0. The van der Waals surface area contributed by atoms with Crippen LogP contribution in [0.5, 0.6) is 11.5 Å². The maximum atomic E-state index is 14.2. The number of carbonyl (C=O) groups excluding carboxylic acids is 1. The number of methoxy groups -OCH3 is 2. The van der Waals surface area contributed by atoms with Gasteiger partial charge >= 0.3 is 0 Å². The van der Waals surface area contributed by atoms with E-state index in [0.29, 0.717) is 66.6 Å². The number of nitrogens with zero attached hydrogens (tertiary/aromatic N) is 5. The fourth-order valence-corrected chi connectivity index (χ4v) is 6.29. The van der Waals surface area contributed by atoms with E-state index in [1.165, 1.54) is 14.2 Å². The molecule has 2 aromatic heterocycles. The van der Waals surface area contributed by atoms with Crippen LogP contribution >= 0.6 is 23.2 Å². The van der Waals surface area contributed by atoms with Gasteiger partial charge in [-0.15, -0.1) is 0 Å². The molecular weight excluding hydrogens is 629 g/mol. The van der Waals surface area contributed by atoms with Crippen LogP contribution in [0.3, 0.4) is 0 Å². The Balaban J connectivity index is 1.61. The summed E-state index contributed by atoms with van der Waals surface area (Å²) in [4.78, 5) is 38.4. The van der Waals surface area contributed by atoms with Gasteiger partial charge in [-0.05, 0) is 50.8 Å². The van der Waals surface area contributed by atoms with Crippen LogP contribution in [-0.4, -0.2) is 71.8 Å². The molecule has 0 radical (unpaired) electrons. The summed E-state index contributed by atoms with van der Waals surface area (Å²) in [5, 5.41) is 16.7. The minimum absolute atomic E-state index is 0.0763. The van der Waals surface area contributed by atoms with Crippen molar-refractivity contribution in [3.05, 3.63) is 50.4 Å². The van der Waals surface area contributed by atoms with E-state index >= 15 is 0 Å². The van der Waals surface area contributed by atoms with Gasteiger partial charge in [-0.25, -0.2) is 4.98 Å². The lowest BCUT2D eigenvalue weighted by Crippen LogP contribution is -2.48. The number of hydrogen-bond donors (Lipinski definition) is 2. The fraction of sp³-hybridized carbons (Fsp3) is 0.485. The number of aryl methyl sites for hydroxylation is 1. The van der Waals surface area contributed by atoms with Crippen LogP contribution < -0.4 is 25.7 Å². The lowest BCUT2D eigenvalue weighted by Gasteiger charge is -2.33. The number of rotatable bonds is 11. The lowest BCUT2D eigenvalue weighted by atomic mass is 9.93. The summed E-state index contributed by atoms with van der Waals surface area (Å²) in [5.74, 6) is 0.721. The minimum atomic E-state index is -0.346. The van der Waals surface area contributed by atoms with Crippen molar-refractivity contribution in [3.8, 4) is 28.7 Å². The third-order valence-electron chi connectivity index (χ3n) is 7.64. The van der Waals surface area contributed by atoms with Crippen molar-refractivity contribution >= 4 is 46.1 Å². The average Bonchev–Trinajstić information content (AvgIpc) is 3.01. The highest BCUT2D eigenvalue weighted by Crippen LogP contribution is 2.45. The first-order valence-electron chi connectivity index (χ1n) is 15.3. The van der Waals surface area contributed by atoms with E-state index in [0.717, 1.165) is 19.4 Å². The van der Waals surface area contributed by atoms with Gasteiger partial charge in [-0.1, -0.05) is 50.0 Å². The highest BCUT2D eigenvalue weighted by Gasteiger charge is 2.25. The molecule has 246 valence electrons. The van der Waals surface area contributed by atoms with E-state index < -0.39 is 0 Å². The molecule has 1 amide bonds. The number of fused-ring (bicyclic) bond motifs is 1. The maximum absolute atomic E-state index is 14.2. The zero-order valence-electron chi connectivity index (χ0n) is 27.2. The zero-order chi connectivity index (χ0) is 33.6. The number of carbonyl (C=O) groups is 1. The van der Waals surface area contributed by atoms with Crippen LogP contribution in [0.2, 0.25) is 10.0 Å². The number of nitrogens with one attached hydrogen (secondary N) is 2. The Bertz CT molecular complexity index is 1700. The Morgan fingerprint density at radius 2 is 1.87 bits per heavy atom. The van der Waals surface area contributed by atoms with Gasteiger partial charge in [0, 0.05) is 48.9 Å². The summed E-state index contributed by atoms with van der Waals surface area (Å²) < 4.78 is 12.5. The van der Waals surface area contributed by atoms with Gasteiger partial charge < -0.3 is 25.0 Å². The van der Waals surface area contributed by atoms with Gasteiger partial charge in [0.1, 0.15) is 28.8 Å². The molecule has 4 rings (SSSR count). The summed E-state index contributed by atoms with van der Waals surface area (Å²) in [7, 11) is 2.96. The highest BCUT2D eigenvalue weighted by atomic mass is 35.5. The SMILES string of the molecule is CCNc1ncc2cc(-c3c(Cl)c(OC)cc(OC)c3Cl)c(=O)n(CCCN3CCCC(NC(=O)C(C#N)=CC(C)(C)C)C3)c2n1. The molecule has 2 N–H and O–H groups in total. The van der Waals surface area contributed by atoms with E-state index in [9.17, 15) is 14.9 Å². The van der Waals surface area contributed by atoms with Gasteiger partial charge in [0.25, 0.3) is 11.5 Å². The van der Waals surface area contributed by atoms with Crippen LogP contribution in [-0.2, 0) is 11.3 Å². The van der Waals surface area contributed by atoms with Crippen molar-refractivity contribution in [2.24, 2.45) is 5.41 Å². The van der Waals surface area contributed by atoms with E-state index in [1.807, 2.05) is 33.8 Å². The Morgan fingerprint density at radius 1 is 1.17 bits per heavy atom. The first-order valence-corrected chi connectivity index (χ1v) is 16.1. The van der Waals surface area contributed by atoms with Gasteiger partial charge in [0.05, 0.1) is 29.8 Å². The molecule has 3 heterocycles. The number of nitriles is 1. The number of anilines is 1. The quantitative estimate of drug-likeness (QED) is 0.195. The lowest BCUT2D eigenvalue weighted by molar-refractivity contribution is -0.118. The number of piperidine rings is 1. The second-order valence-corrected chi connectivity index (χ2v) is 13.1. The Labute approximate surface area is 279 Å². The van der Waals surface area contributed by atoms with Gasteiger partial charge in [0.15, 0.2) is 0 Å². The highest BCUT2D eigenvalue weighted by molar-refractivity contribution is 6.41. The second-order valence-electron chi connectivity index (χ2n) is 12.3. The number of halogens is 2. The molecule has 0 aliphatic carbocycles. The molecule has 3 aromatic rings. The number of ether oxygens (including phenoxy) is 2. The third kappa shape index (κ3) is 8.10. The Hall–Kier alpha value is -3.85. The maximum Gasteiger partial charge on any atom is 0.261 e. The summed E-state index contributed by atoms with van der Waals surface area (Å²) in [6.45, 7) is 11.0. The molecule has 1 atom stereocenters. The number of benzene rings is 1. The fourth-order valence-electron chi connectivity index (χ4n) is 5.58. The standard InChI is InChI=1S/C33H41Cl2N7O4/c1-7-37-32-38-18-20-14-23(26-27(34)24(45-5)15-25(46-6)28(26)35)31(44)42(29(20)40-32)13-9-12-41-11-8-10-22(19-41)39-30(43)21(17-36)16-33(2,3)4/h14-16,18,22H,7-13,19H2,1-6H3,(H,39,43)(H,37,38,40). The average molecular weight is 671 g/mol. The summed E-state index contributed by atoms with van der Waals surface area (Å²) >= 11 is 13.4. The normalized spacial score (nSPS) is 15.8. The second kappa shape index (κ2) is 15.2. The molecule has 46 heavy (non-hydrogen) atoms. The van der Waals surface area contributed by atoms with E-state index in [1.54, 1.807) is 29.0 Å². The van der Waals surface area contributed by atoms with E-state index in [-0.39, 0.29) is 44.1 Å². The largest absolute Gasteiger partial charge is 0.495 e. The number of hydrogen-bond acceptors (Lipinski definition) is 9. The van der Waals surface area contributed by atoms with Gasteiger partial charge in [-0.2, -0.15) is 10.2 Å². The van der Waals surface area contributed by atoms with Crippen LogP contribution in [0.4, 0.5) is 5.95 Å². The Kier molecular flexibility index (Phi) is 11.5. The molecule has 13 heteroatoms. The summed E-state index contributed by atoms with van der Waals surface area (Å²) in [5.41, 5.74) is 0.600. The molecule has 1 aromatic carbocycles. The summed E-state index contributed by atoms with van der Waals surface area (Å²) in [6.07, 6.45) is 5.74. The summed E-state index contributed by atoms with van der Waals surface area (Å²) in [6, 6.07) is 5.23. The number of amides is 1. The van der Waals surface area contributed by atoms with Crippen molar-refractivity contribution in [1.29, 1.82) is 5.26 Å².